The Morgan fingerprint density at radius 1 is 1.28 bits per heavy atom. The third-order valence-electron chi connectivity index (χ3n) is 3.82. The third-order valence-corrected chi connectivity index (χ3v) is 3.82. The van der Waals surface area contributed by atoms with Gasteiger partial charge < -0.3 is 20.1 Å². The van der Waals surface area contributed by atoms with Gasteiger partial charge in [0.05, 0.1) is 6.54 Å². The van der Waals surface area contributed by atoms with Gasteiger partial charge in [-0.05, 0) is 37.6 Å². The van der Waals surface area contributed by atoms with E-state index in [9.17, 15) is 14.4 Å². The van der Waals surface area contributed by atoms with Crippen molar-refractivity contribution in [2.24, 2.45) is 0 Å². The van der Waals surface area contributed by atoms with E-state index in [-0.39, 0.29) is 18.4 Å². The van der Waals surface area contributed by atoms with Gasteiger partial charge in [-0.15, -0.1) is 0 Å². The summed E-state index contributed by atoms with van der Waals surface area (Å²) < 4.78 is 4.84. The molecule has 130 valence electrons. The van der Waals surface area contributed by atoms with E-state index in [2.05, 4.69) is 15.8 Å². The molecule has 25 heavy (non-hydrogen) atoms. The SMILES string of the molecule is Cc1cc(NC(=O)CNC(=O)c2ccc(N3CCCC3=O)cc2)no1. The quantitative estimate of drug-likeness (QED) is 0.856. The van der Waals surface area contributed by atoms with Gasteiger partial charge in [0.25, 0.3) is 5.91 Å². The Kier molecular flexibility index (Phi) is 4.78. The summed E-state index contributed by atoms with van der Waals surface area (Å²) in [6.45, 7) is 2.23. The third kappa shape index (κ3) is 4.03. The summed E-state index contributed by atoms with van der Waals surface area (Å²) in [6, 6.07) is 8.31. The van der Waals surface area contributed by atoms with Crippen LogP contribution in [0.3, 0.4) is 0 Å². The number of nitrogens with zero attached hydrogens (tertiary/aromatic N) is 2. The molecule has 0 aliphatic carbocycles. The van der Waals surface area contributed by atoms with Crippen LogP contribution in [0.25, 0.3) is 0 Å². The zero-order chi connectivity index (χ0) is 17.8. The number of benzene rings is 1. The number of hydrogen-bond donors (Lipinski definition) is 2. The van der Waals surface area contributed by atoms with Crippen LogP contribution in [0.1, 0.15) is 29.0 Å². The number of nitrogens with one attached hydrogen (secondary N) is 2. The molecule has 2 N–H and O–H groups in total. The molecule has 1 aliphatic heterocycles. The highest BCUT2D eigenvalue weighted by atomic mass is 16.5. The van der Waals surface area contributed by atoms with Gasteiger partial charge in [-0.1, -0.05) is 5.16 Å². The molecule has 0 bridgehead atoms. The lowest BCUT2D eigenvalue weighted by Gasteiger charge is -2.15. The van der Waals surface area contributed by atoms with Gasteiger partial charge >= 0.3 is 0 Å². The lowest BCUT2D eigenvalue weighted by atomic mass is 10.2. The number of carbonyl (C=O) groups excluding carboxylic acids is 3. The molecule has 2 aromatic rings. The Morgan fingerprint density at radius 3 is 2.64 bits per heavy atom. The van der Waals surface area contributed by atoms with Crippen LogP contribution < -0.4 is 15.5 Å². The molecule has 2 heterocycles. The maximum absolute atomic E-state index is 12.1. The van der Waals surface area contributed by atoms with Gasteiger partial charge in [-0.3, -0.25) is 14.4 Å². The van der Waals surface area contributed by atoms with Crippen molar-refractivity contribution >= 4 is 29.2 Å². The molecule has 8 nitrogen and oxygen atoms in total. The van der Waals surface area contributed by atoms with Crippen molar-refractivity contribution in [3.63, 3.8) is 0 Å². The minimum Gasteiger partial charge on any atom is -0.360 e. The average Bonchev–Trinajstić information content (AvgIpc) is 3.21. The van der Waals surface area contributed by atoms with Crippen molar-refractivity contribution < 1.29 is 18.9 Å². The van der Waals surface area contributed by atoms with Gasteiger partial charge in [-0.2, -0.15) is 0 Å². The van der Waals surface area contributed by atoms with E-state index in [1.807, 2.05) is 0 Å². The van der Waals surface area contributed by atoms with Crippen LogP contribution >= 0.6 is 0 Å². The molecule has 0 saturated carbocycles. The zero-order valence-electron chi connectivity index (χ0n) is 13.7. The van der Waals surface area contributed by atoms with Crippen LogP contribution in [0.2, 0.25) is 0 Å². The summed E-state index contributed by atoms with van der Waals surface area (Å²) >= 11 is 0. The number of anilines is 2. The van der Waals surface area contributed by atoms with Gasteiger partial charge in [0, 0.05) is 30.3 Å². The Morgan fingerprint density at radius 2 is 2.04 bits per heavy atom. The maximum atomic E-state index is 12.1. The number of carbonyl (C=O) groups is 3. The van der Waals surface area contributed by atoms with E-state index < -0.39 is 5.91 Å². The van der Waals surface area contributed by atoms with E-state index in [0.29, 0.717) is 30.1 Å². The minimum absolute atomic E-state index is 0.0944. The topological polar surface area (TPSA) is 105 Å². The van der Waals surface area contributed by atoms with Crippen LogP contribution in [-0.2, 0) is 9.59 Å². The summed E-state index contributed by atoms with van der Waals surface area (Å²) in [6.07, 6.45) is 1.41. The molecular formula is C17H18N4O4. The summed E-state index contributed by atoms with van der Waals surface area (Å²) in [7, 11) is 0. The van der Waals surface area contributed by atoms with Crippen molar-refractivity contribution in [2.75, 3.05) is 23.3 Å². The van der Waals surface area contributed by atoms with E-state index >= 15 is 0 Å². The smallest absolute Gasteiger partial charge is 0.251 e. The summed E-state index contributed by atoms with van der Waals surface area (Å²) in [5.74, 6) is 0.205. The molecule has 3 amide bonds. The predicted molar refractivity (Wildman–Crippen MR) is 90.2 cm³/mol. The first-order valence-electron chi connectivity index (χ1n) is 7.95. The molecule has 3 rings (SSSR count). The minimum atomic E-state index is -0.402. The van der Waals surface area contributed by atoms with Crippen LogP contribution in [0.15, 0.2) is 34.9 Å². The van der Waals surface area contributed by atoms with Crippen molar-refractivity contribution in [2.45, 2.75) is 19.8 Å². The van der Waals surface area contributed by atoms with Gasteiger partial charge in [0.2, 0.25) is 11.8 Å². The lowest BCUT2D eigenvalue weighted by Crippen LogP contribution is -2.33. The number of aryl methyl sites for hydroxylation is 1. The molecule has 0 radical (unpaired) electrons. The summed E-state index contributed by atoms with van der Waals surface area (Å²) in [5.41, 5.74) is 1.19. The van der Waals surface area contributed by atoms with E-state index in [0.717, 1.165) is 12.1 Å². The van der Waals surface area contributed by atoms with Crippen LogP contribution in [-0.4, -0.2) is 36.0 Å². The monoisotopic (exact) mass is 342 g/mol. The van der Waals surface area contributed by atoms with E-state index in [1.54, 1.807) is 42.2 Å². The highest BCUT2D eigenvalue weighted by Crippen LogP contribution is 2.21. The fraction of sp³-hybridized carbons (Fsp3) is 0.294. The Hall–Kier alpha value is -3.16. The number of amides is 3. The van der Waals surface area contributed by atoms with E-state index in [1.165, 1.54) is 0 Å². The van der Waals surface area contributed by atoms with Crippen LogP contribution in [0.5, 0.6) is 0 Å². The molecule has 1 aromatic carbocycles. The van der Waals surface area contributed by atoms with Crippen molar-refractivity contribution in [3.05, 3.63) is 41.7 Å². The fourth-order valence-electron chi connectivity index (χ4n) is 2.59. The number of hydrogen-bond acceptors (Lipinski definition) is 5. The van der Waals surface area contributed by atoms with Crippen molar-refractivity contribution in [1.29, 1.82) is 0 Å². The molecule has 0 unspecified atom stereocenters. The molecule has 0 spiro atoms. The largest absolute Gasteiger partial charge is 0.360 e. The second-order valence-electron chi connectivity index (χ2n) is 5.75. The summed E-state index contributed by atoms with van der Waals surface area (Å²) in [4.78, 5) is 37.3. The van der Waals surface area contributed by atoms with Crippen molar-refractivity contribution in [1.82, 2.24) is 10.5 Å². The van der Waals surface area contributed by atoms with Gasteiger partial charge in [-0.25, -0.2) is 0 Å². The molecule has 1 saturated heterocycles. The molecule has 1 fully saturated rings. The average molecular weight is 342 g/mol. The zero-order valence-corrected chi connectivity index (χ0v) is 13.7. The van der Waals surface area contributed by atoms with E-state index in [4.69, 9.17) is 4.52 Å². The normalized spacial score (nSPS) is 13.8. The molecule has 0 atom stereocenters. The van der Waals surface area contributed by atoms with Crippen molar-refractivity contribution in [3.8, 4) is 0 Å². The standard InChI is InChI=1S/C17H18N4O4/c1-11-9-14(20-25-11)19-15(22)10-18-17(24)12-4-6-13(7-5-12)21-8-2-3-16(21)23/h4-7,9H,2-3,8,10H2,1H3,(H,18,24)(H,19,20,22). The Bertz CT molecular complexity index is 797. The molecular weight excluding hydrogens is 324 g/mol. The second kappa shape index (κ2) is 7.16. The number of aromatic nitrogens is 1. The maximum Gasteiger partial charge on any atom is 0.251 e. The molecule has 8 heteroatoms. The lowest BCUT2D eigenvalue weighted by molar-refractivity contribution is -0.117. The Balaban J connectivity index is 1.52. The van der Waals surface area contributed by atoms with Crippen LogP contribution in [0.4, 0.5) is 11.5 Å². The number of rotatable bonds is 5. The van der Waals surface area contributed by atoms with Crippen LogP contribution in [0, 0.1) is 6.92 Å². The first-order chi connectivity index (χ1) is 12.0. The predicted octanol–water partition coefficient (Wildman–Crippen LogP) is 1.48. The highest BCUT2D eigenvalue weighted by Gasteiger charge is 2.21. The van der Waals surface area contributed by atoms with Gasteiger partial charge in [0.1, 0.15) is 5.76 Å². The second-order valence-corrected chi connectivity index (χ2v) is 5.75. The Labute approximate surface area is 144 Å². The molecule has 1 aliphatic rings. The fourth-order valence-corrected chi connectivity index (χ4v) is 2.59. The summed E-state index contributed by atoms with van der Waals surface area (Å²) in [5, 5.41) is 8.69. The first-order valence-corrected chi connectivity index (χ1v) is 7.95. The molecule has 1 aromatic heterocycles. The highest BCUT2D eigenvalue weighted by molar-refractivity contribution is 6.00. The van der Waals surface area contributed by atoms with Gasteiger partial charge in [0.15, 0.2) is 5.82 Å². The first kappa shape index (κ1) is 16.7.